The first-order chi connectivity index (χ1) is 13.7. The summed E-state index contributed by atoms with van der Waals surface area (Å²) in [5.41, 5.74) is 1.21. The van der Waals surface area contributed by atoms with Gasteiger partial charge >= 0.3 is 11.9 Å². The lowest BCUT2D eigenvalue weighted by atomic mass is 9.66. The Morgan fingerprint density at radius 1 is 1.28 bits per heavy atom. The maximum Gasteiger partial charge on any atom is 0.308 e. The largest absolute Gasteiger partial charge is 0.481 e. The highest BCUT2D eigenvalue weighted by Crippen LogP contribution is 2.44. The van der Waals surface area contributed by atoms with E-state index in [1.54, 1.807) is 0 Å². The van der Waals surface area contributed by atoms with E-state index in [4.69, 9.17) is 9.84 Å². The van der Waals surface area contributed by atoms with Gasteiger partial charge in [-0.05, 0) is 55.9 Å². The molecule has 6 heteroatoms. The van der Waals surface area contributed by atoms with Crippen LogP contribution in [0.3, 0.4) is 0 Å². The second-order valence-corrected chi connectivity index (χ2v) is 8.69. The molecule has 0 amide bonds. The zero-order valence-electron chi connectivity index (χ0n) is 17.8. The normalized spacial score (nSPS) is 29.3. The summed E-state index contributed by atoms with van der Waals surface area (Å²) in [5, 5.41) is 28.8. The summed E-state index contributed by atoms with van der Waals surface area (Å²) in [6.45, 7) is 6.01. The van der Waals surface area contributed by atoms with E-state index in [0.717, 1.165) is 25.7 Å². The lowest BCUT2D eigenvalue weighted by molar-refractivity contribution is -0.158. The zero-order chi connectivity index (χ0) is 21.6. The van der Waals surface area contributed by atoms with Crippen LogP contribution < -0.4 is 0 Å². The minimum absolute atomic E-state index is 0.0586. The van der Waals surface area contributed by atoms with Gasteiger partial charge in [-0.3, -0.25) is 9.59 Å². The van der Waals surface area contributed by atoms with Gasteiger partial charge in [-0.15, -0.1) is 0 Å². The van der Waals surface area contributed by atoms with Gasteiger partial charge in [0.15, 0.2) is 0 Å². The highest BCUT2D eigenvalue weighted by molar-refractivity contribution is 5.72. The molecule has 3 N–H and O–H groups in total. The summed E-state index contributed by atoms with van der Waals surface area (Å²) >= 11 is 0. The number of carboxylic acid groups (broad SMARTS) is 1. The Labute approximate surface area is 173 Å². The van der Waals surface area contributed by atoms with E-state index >= 15 is 0 Å². The van der Waals surface area contributed by atoms with Gasteiger partial charge in [-0.1, -0.05) is 39.0 Å². The predicted octanol–water partition coefficient (Wildman–Crippen LogP) is 3.47. The first kappa shape index (κ1) is 23.6. The zero-order valence-corrected chi connectivity index (χ0v) is 17.8. The number of carboxylic acids is 1. The molecule has 0 radical (unpaired) electrons. The lowest BCUT2D eigenvalue weighted by Gasteiger charge is -2.42. The van der Waals surface area contributed by atoms with Crippen LogP contribution in [-0.2, 0) is 14.3 Å². The SMILES string of the molecule is CC[C@H](C)C(=O)O[C@H]1CCC=C2C=C[C@H](C)[C@H](CC[C@H](O)C[C@H](O)CC(=O)O)[C@H]21. The summed E-state index contributed by atoms with van der Waals surface area (Å²) in [6, 6.07) is 0. The molecule has 164 valence electrons. The number of aliphatic carboxylic acids is 1. The van der Waals surface area contributed by atoms with Crippen molar-refractivity contribution in [1.29, 1.82) is 0 Å². The van der Waals surface area contributed by atoms with Crippen LogP contribution in [0.5, 0.6) is 0 Å². The van der Waals surface area contributed by atoms with E-state index in [2.05, 4.69) is 25.2 Å². The maximum atomic E-state index is 12.4. The molecule has 0 aliphatic heterocycles. The van der Waals surface area contributed by atoms with Crippen molar-refractivity contribution >= 4 is 11.9 Å². The molecule has 0 spiro atoms. The van der Waals surface area contributed by atoms with Crippen LogP contribution in [0, 0.1) is 23.7 Å². The van der Waals surface area contributed by atoms with E-state index in [9.17, 15) is 19.8 Å². The Balaban J connectivity index is 2.03. The van der Waals surface area contributed by atoms with Crippen molar-refractivity contribution in [2.75, 3.05) is 0 Å². The number of allylic oxidation sites excluding steroid dienone is 3. The number of hydrogen-bond donors (Lipinski definition) is 3. The van der Waals surface area contributed by atoms with Crippen molar-refractivity contribution in [3.05, 3.63) is 23.8 Å². The molecule has 2 aliphatic rings. The molecular formula is C23H36O6. The molecule has 0 saturated carbocycles. The minimum atomic E-state index is -1.07. The standard InChI is InChI=1S/C23H36O6/c1-4-14(2)23(28)29-20-7-5-6-16-9-8-15(3)19(22(16)20)11-10-17(24)12-18(25)13-21(26)27/h6,8-9,14-15,17-20,22,24-25H,4-5,7,10-13H2,1-3H3,(H,26,27)/t14-,15-,17-,18-,19-,20-,22-/m0/s1. The van der Waals surface area contributed by atoms with Crippen molar-refractivity contribution in [1.82, 2.24) is 0 Å². The molecule has 2 rings (SSSR count). The van der Waals surface area contributed by atoms with Crippen molar-refractivity contribution in [3.8, 4) is 0 Å². The van der Waals surface area contributed by atoms with E-state index in [-0.39, 0.29) is 48.6 Å². The quantitative estimate of drug-likeness (QED) is 0.478. The molecule has 0 aromatic carbocycles. The van der Waals surface area contributed by atoms with Crippen molar-refractivity contribution < 1.29 is 29.6 Å². The monoisotopic (exact) mass is 408 g/mol. The second kappa shape index (κ2) is 10.9. The Morgan fingerprint density at radius 2 is 2.00 bits per heavy atom. The fraction of sp³-hybridized carbons (Fsp3) is 0.739. The third-order valence-corrected chi connectivity index (χ3v) is 6.42. The Bertz CT molecular complexity index is 625. The highest BCUT2D eigenvalue weighted by Gasteiger charge is 2.40. The fourth-order valence-electron chi connectivity index (χ4n) is 4.49. The third-order valence-electron chi connectivity index (χ3n) is 6.42. The molecule has 29 heavy (non-hydrogen) atoms. The van der Waals surface area contributed by atoms with Gasteiger partial charge in [0.25, 0.3) is 0 Å². The van der Waals surface area contributed by atoms with Crippen LogP contribution >= 0.6 is 0 Å². The number of fused-ring (bicyclic) bond motifs is 1. The predicted molar refractivity (Wildman–Crippen MR) is 110 cm³/mol. The lowest BCUT2D eigenvalue weighted by Crippen LogP contribution is -2.40. The number of esters is 1. The molecule has 0 fully saturated rings. The number of carbonyl (C=O) groups is 2. The minimum Gasteiger partial charge on any atom is -0.481 e. The number of ether oxygens (including phenoxy) is 1. The van der Waals surface area contributed by atoms with Gasteiger partial charge in [0, 0.05) is 5.92 Å². The average molecular weight is 409 g/mol. The van der Waals surface area contributed by atoms with Crippen molar-refractivity contribution in [2.24, 2.45) is 23.7 Å². The first-order valence-corrected chi connectivity index (χ1v) is 10.9. The summed E-state index contributed by atoms with van der Waals surface area (Å²) in [5.74, 6) is -0.691. The number of rotatable bonds is 10. The molecular weight excluding hydrogens is 372 g/mol. The van der Waals surface area contributed by atoms with Gasteiger partial charge in [-0.2, -0.15) is 0 Å². The Hall–Kier alpha value is -1.66. The number of aliphatic hydroxyl groups is 2. The van der Waals surface area contributed by atoms with Crippen LogP contribution in [-0.4, -0.2) is 45.6 Å². The molecule has 7 atom stereocenters. The van der Waals surface area contributed by atoms with Crippen LogP contribution in [0.2, 0.25) is 0 Å². The van der Waals surface area contributed by atoms with Crippen molar-refractivity contribution in [3.63, 3.8) is 0 Å². The summed E-state index contributed by atoms with van der Waals surface area (Å²) in [4.78, 5) is 23.1. The first-order valence-electron chi connectivity index (χ1n) is 10.9. The topological polar surface area (TPSA) is 104 Å². The van der Waals surface area contributed by atoms with Gasteiger partial charge in [0.1, 0.15) is 6.10 Å². The van der Waals surface area contributed by atoms with Crippen LogP contribution in [0.1, 0.15) is 65.7 Å². The number of carbonyl (C=O) groups excluding carboxylic acids is 1. The average Bonchev–Trinajstić information content (AvgIpc) is 2.66. The number of aliphatic hydroxyl groups excluding tert-OH is 2. The Morgan fingerprint density at radius 3 is 2.66 bits per heavy atom. The molecule has 0 heterocycles. The smallest absolute Gasteiger partial charge is 0.308 e. The van der Waals surface area contributed by atoms with Crippen molar-refractivity contribution in [2.45, 2.75) is 84.0 Å². The summed E-state index contributed by atoms with van der Waals surface area (Å²) in [7, 11) is 0. The van der Waals surface area contributed by atoms with Crippen LogP contribution in [0.4, 0.5) is 0 Å². The molecule has 0 unspecified atom stereocenters. The van der Waals surface area contributed by atoms with Crippen LogP contribution in [0.25, 0.3) is 0 Å². The molecule has 0 aromatic heterocycles. The van der Waals surface area contributed by atoms with E-state index in [0.29, 0.717) is 6.42 Å². The van der Waals surface area contributed by atoms with E-state index in [1.807, 2.05) is 13.8 Å². The van der Waals surface area contributed by atoms with Crippen LogP contribution in [0.15, 0.2) is 23.8 Å². The maximum absolute atomic E-state index is 12.4. The van der Waals surface area contributed by atoms with Gasteiger partial charge < -0.3 is 20.1 Å². The number of hydrogen-bond acceptors (Lipinski definition) is 5. The second-order valence-electron chi connectivity index (χ2n) is 8.69. The molecule has 6 nitrogen and oxygen atoms in total. The summed E-state index contributed by atoms with van der Waals surface area (Å²) in [6.07, 6.45) is 7.97. The van der Waals surface area contributed by atoms with Gasteiger partial charge in [-0.25, -0.2) is 0 Å². The molecule has 2 aliphatic carbocycles. The Kier molecular flexibility index (Phi) is 8.90. The molecule has 0 aromatic rings. The third kappa shape index (κ3) is 6.68. The van der Waals surface area contributed by atoms with E-state index < -0.39 is 18.2 Å². The fourth-order valence-corrected chi connectivity index (χ4v) is 4.49. The summed E-state index contributed by atoms with van der Waals surface area (Å²) < 4.78 is 5.93. The van der Waals surface area contributed by atoms with Gasteiger partial charge in [0.05, 0.1) is 24.5 Å². The van der Waals surface area contributed by atoms with Gasteiger partial charge in [0.2, 0.25) is 0 Å². The van der Waals surface area contributed by atoms with E-state index in [1.165, 1.54) is 5.57 Å². The molecule has 0 saturated heterocycles. The highest BCUT2D eigenvalue weighted by atomic mass is 16.5. The molecule has 0 bridgehead atoms.